The van der Waals surface area contributed by atoms with Gasteiger partial charge in [-0.2, -0.15) is 0 Å². The number of nitrogens with one attached hydrogen (secondary N) is 1. The van der Waals surface area contributed by atoms with Crippen molar-refractivity contribution in [2.24, 2.45) is 0 Å². The van der Waals surface area contributed by atoms with Crippen LogP contribution in [0.1, 0.15) is 58.4 Å². The summed E-state index contributed by atoms with van der Waals surface area (Å²) in [5, 5.41) is 14.2. The molecule has 1 amide bonds. The van der Waals surface area contributed by atoms with Crippen molar-refractivity contribution in [1.29, 1.82) is 0 Å². The Morgan fingerprint density at radius 3 is 2.68 bits per heavy atom. The van der Waals surface area contributed by atoms with E-state index in [0.29, 0.717) is 19.4 Å². The first-order valence-corrected chi connectivity index (χ1v) is 8.75. The van der Waals surface area contributed by atoms with Gasteiger partial charge in [-0.25, -0.2) is 4.98 Å². The fourth-order valence-electron chi connectivity index (χ4n) is 2.64. The average molecular weight is 322 g/mol. The van der Waals surface area contributed by atoms with Crippen LogP contribution in [0.5, 0.6) is 0 Å². The molecule has 0 unspecified atom stereocenters. The highest BCUT2D eigenvalue weighted by molar-refractivity contribution is 8.00. The Bertz CT molecular complexity index is 520. The van der Waals surface area contributed by atoms with E-state index in [1.807, 2.05) is 12.1 Å². The van der Waals surface area contributed by atoms with Crippen molar-refractivity contribution in [1.82, 2.24) is 10.3 Å². The van der Waals surface area contributed by atoms with Gasteiger partial charge in [0, 0.05) is 17.5 Å². The third kappa shape index (κ3) is 4.99. The van der Waals surface area contributed by atoms with Crippen LogP contribution in [0, 0.1) is 0 Å². The molecule has 4 nitrogen and oxygen atoms in total. The molecule has 5 heteroatoms. The van der Waals surface area contributed by atoms with Gasteiger partial charge in [0.2, 0.25) is 0 Å². The SMILES string of the molecule is CC(C)(C)Sc1cc(CNC(=O)C2(O)CCCCC2)ccn1. The Kier molecular flexibility index (Phi) is 5.50. The molecule has 0 saturated heterocycles. The monoisotopic (exact) mass is 322 g/mol. The molecule has 1 aliphatic rings. The number of amides is 1. The lowest BCUT2D eigenvalue weighted by Gasteiger charge is -2.30. The number of hydrogen-bond acceptors (Lipinski definition) is 4. The molecule has 2 N–H and O–H groups in total. The third-order valence-corrected chi connectivity index (χ3v) is 4.81. The van der Waals surface area contributed by atoms with Gasteiger partial charge in [-0.3, -0.25) is 4.79 Å². The number of aromatic nitrogens is 1. The number of carbonyl (C=O) groups is 1. The highest BCUT2D eigenvalue weighted by Crippen LogP contribution is 2.31. The molecule has 1 aliphatic carbocycles. The van der Waals surface area contributed by atoms with Crippen LogP contribution in [0.25, 0.3) is 0 Å². The zero-order valence-electron chi connectivity index (χ0n) is 13.7. The number of hydrogen-bond donors (Lipinski definition) is 2. The lowest BCUT2D eigenvalue weighted by Crippen LogP contribution is -2.47. The Morgan fingerprint density at radius 2 is 2.05 bits per heavy atom. The van der Waals surface area contributed by atoms with Gasteiger partial charge < -0.3 is 10.4 Å². The predicted octanol–water partition coefficient (Wildman–Crippen LogP) is 3.28. The summed E-state index contributed by atoms with van der Waals surface area (Å²) in [6.07, 6.45) is 5.86. The Labute approximate surface area is 137 Å². The Balaban J connectivity index is 1.94. The molecule has 0 aliphatic heterocycles. The normalized spacial score (nSPS) is 18.0. The number of aliphatic hydroxyl groups is 1. The third-order valence-electron chi connectivity index (χ3n) is 3.77. The van der Waals surface area contributed by atoms with Crippen LogP contribution in [0.4, 0.5) is 0 Å². The molecule has 122 valence electrons. The second kappa shape index (κ2) is 7.01. The summed E-state index contributed by atoms with van der Waals surface area (Å²) in [6, 6.07) is 3.90. The van der Waals surface area contributed by atoms with Gasteiger partial charge in [-0.05, 0) is 30.5 Å². The fourth-order valence-corrected chi connectivity index (χ4v) is 3.59. The van der Waals surface area contributed by atoms with E-state index < -0.39 is 5.60 Å². The van der Waals surface area contributed by atoms with Crippen LogP contribution < -0.4 is 5.32 Å². The van der Waals surface area contributed by atoms with Crippen LogP contribution in [-0.2, 0) is 11.3 Å². The van der Waals surface area contributed by atoms with Gasteiger partial charge in [-0.15, -0.1) is 11.8 Å². The van der Waals surface area contributed by atoms with Gasteiger partial charge in [0.15, 0.2) is 0 Å². The molecule has 1 aromatic rings. The maximum atomic E-state index is 12.2. The van der Waals surface area contributed by atoms with E-state index in [1.54, 1.807) is 18.0 Å². The average Bonchev–Trinajstić information content (AvgIpc) is 2.44. The molecule has 1 heterocycles. The van der Waals surface area contributed by atoms with Gasteiger partial charge in [0.1, 0.15) is 5.60 Å². The minimum atomic E-state index is -1.17. The largest absolute Gasteiger partial charge is 0.380 e. The van der Waals surface area contributed by atoms with E-state index >= 15 is 0 Å². The summed E-state index contributed by atoms with van der Waals surface area (Å²) in [5.74, 6) is -0.242. The minimum absolute atomic E-state index is 0.103. The number of carbonyl (C=O) groups excluding carboxylic acids is 1. The van der Waals surface area contributed by atoms with Crippen LogP contribution in [-0.4, -0.2) is 26.3 Å². The summed E-state index contributed by atoms with van der Waals surface area (Å²) >= 11 is 1.70. The highest BCUT2D eigenvalue weighted by atomic mass is 32.2. The second-order valence-electron chi connectivity index (χ2n) is 6.99. The predicted molar refractivity (Wildman–Crippen MR) is 89.7 cm³/mol. The second-order valence-corrected chi connectivity index (χ2v) is 8.84. The lowest BCUT2D eigenvalue weighted by atomic mass is 9.84. The number of rotatable bonds is 4. The summed E-state index contributed by atoms with van der Waals surface area (Å²) in [4.78, 5) is 16.6. The van der Waals surface area contributed by atoms with E-state index in [-0.39, 0.29) is 10.7 Å². The maximum Gasteiger partial charge on any atom is 0.252 e. The van der Waals surface area contributed by atoms with Gasteiger partial charge in [0.05, 0.1) is 5.03 Å². The molecular weight excluding hydrogens is 296 g/mol. The molecule has 1 aromatic heterocycles. The standard InChI is InChI=1S/C17H26N2O2S/c1-16(2,3)22-14-11-13(7-10-18-14)12-19-15(20)17(21)8-5-4-6-9-17/h7,10-11,21H,4-6,8-9,12H2,1-3H3,(H,19,20). The maximum absolute atomic E-state index is 12.2. The van der Waals surface area contributed by atoms with Crippen molar-refractivity contribution in [2.75, 3.05) is 0 Å². The lowest BCUT2D eigenvalue weighted by molar-refractivity contribution is -0.143. The van der Waals surface area contributed by atoms with E-state index in [4.69, 9.17) is 0 Å². The molecule has 22 heavy (non-hydrogen) atoms. The molecule has 0 spiro atoms. The fraction of sp³-hybridized carbons (Fsp3) is 0.647. The zero-order valence-corrected chi connectivity index (χ0v) is 14.5. The summed E-state index contributed by atoms with van der Waals surface area (Å²) in [5.41, 5.74) is -0.164. The minimum Gasteiger partial charge on any atom is -0.380 e. The first kappa shape index (κ1) is 17.3. The summed E-state index contributed by atoms with van der Waals surface area (Å²) < 4.78 is 0.103. The molecule has 2 rings (SSSR count). The Morgan fingerprint density at radius 1 is 1.36 bits per heavy atom. The summed E-state index contributed by atoms with van der Waals surface area (Å²) in [6.45, 7) is 6.87. The highest BCUT2D eigenvalue weighted by Gasteiger charge is 2.36. The summed E-state index contributed by atoms with van der Waals surface area (Å²) in [7, 11) is 0. The quantitative estimate of drug-likeness (QED) is 0.835. The van der Waals surface area contributed by atoms with Crippen molar-refractivity contribution in [3.05, 3.63) is 23.9 Å². The van der Waals surface area contributed by atoms with Gasteiger partial charge >= 0.3 is 0 Å². The topological polar surface area (TPSA) is 62.2 Å². The van der Waals surface area contributed by atoms with Crippen LogP contribution in [0.3, 0.4) is 0 Å². The van der Waals surface area contributed by atoms with Crippen LogP contribution >= 0.6 is 11.8 Å². The van der Waals surface area contributed by atoms with E-state index in [2.05, 4.69) is 31.1 Å². The van der Waals surface area contributed by atoms with Crippen LogP contribution in [0.15, 0.2) is 23.4 Å². The first-order valence-electron chi connectivity index (χ1n) is 7.93. The number of pyridine rings is 1. The number of thioether (sulfide) groups is 1. The molecular formula is C17H26N2O2S. The van der Waals surface area contributed by atoms with E-state index in [1.165, 1.54) is 0 Å². The number of nitrogens with zero attached hydrogens (tertiary/aromatic N) is 1. The smallest absolute Gasteiger partial charge is 0.252 e. The van der Waals surface area contributed by atoms with Crippen molar-refractivity contribution >= 4 is 17.7 Å². The molecule has 1 fully saturated rings. The van der Waals surface area contributed by atoms with Gasteiger partial charge in [0.25, 0.3) is 5.91 Å². The van der Waals surface area contributed by atoms with E-state index in [9.17, 15) is 9.90 Å². The molecule has 0 bridgehead atoms. The molecule has 0 atom stereocenters. The van der Waals surface area contributed by atoms with Crippen molar-refractivity contribution < 1.29 is 9.90 Å². The first-order chi connectivity index (χ1) is 10.3. The van der Waals surface area contributed by atoms with Crippen molar-refractivity contribution in [2.45, 2.75) is 74.8 Å². The molecule has 0 radical (unpaired) electrons. The van der Waals surface area contributed by atoms with Crippen molar-refractivity contribution in [3.63, 3.8) is 0 Å². The van der Waals surface area contributed by atoms with E-state index in [0.717, 1.165) is 29.9 Å². The van der Waals surface area contributed by atoms with Crippen molar-refractivity contribution in [3.8, 4) is 0 Å². The Hall–Kier alpha value is -1.07. The van der Waals surface area contributed by atoms with Gasteiger partial charge in [-0.1, -0.05) is 40.0 Å². The molecule has 0 aromatic carbocycles. The van der Waals surface area contributed by atoms with Crippen LogP contribution in [0.2, 0.25) is 0 Å². The zero-order chi connectivity index (χ0) is 16.2. The molecule has 1 saturated carbocycles.